The summed E-state index contributed by atoms with van der Waals surface area (Å²) in [4.78, 5) is 16.1. The fraction of sp³-hybridized carbons (Fsp3) is 0.231. The minimum absolute atomic E-state index is 0.229. The van der Waals surface area contributed by atoms with Gasteiger partial charge < -0.3 is 10.3 Å². The van der Waals surface area contributed by atoms with Crippen molar-refractivity contribution >= 4 is 29.2 Å². The van der Waals surface area contributed by atoms with Gasteiger partial charge in [0.15, 0.2) is 5.16 Å². The molecule has 0 unspecified atom stereocenters. The van der Waals surface area contributed by atoms with Crippen LogP contribution in [-0.2, 0) is 13.0 Å². The van der Waals surface area contributed by atoms with E-state index in [2.05, 4.69) is 4.98 Å². The number of anilines is 1. The van der Waals surface area contributed by atoms with Crippen LogP contribution in [0.5, 0.6) is 0 Å². The molecule has 1 aliphatic heterocycles. The van der Waals surface area contributed by atoms with Crippen LogP contribution < -0.4 is 11.3 Å². The van der Waals surface area contributed by atoms with Crippen LogP contribution in [0.2, 0.25) is 5.02 Å². The molecule has 6 heteroatoms. The van der Waals surface area contributed by atoms with Crippen LogP contribution in [0, 0.1) is 0 Å². The Balaban J connectivity index is 2.01. The molecule has 19 heavy (non-hydrogen) atoms. The normalized spacial score (nSPS) is 13.5. The first-order chi connectivity index (χ1) is 9.15. The van der Waals surface area contributed by atoms with Gasteiger partial charge in [-0.1, -0.05) is 35.5 Å². The Hall–Kier alpha value is -1.46. The third kappa shape index (κ3) is 2.35. The molecule has 0 bridgehead atoms. The summed E-state index contributed by atoms with van der Waals surface area (Å²) in [7, 11) is 0. The predicted molar refractivity (Wildman–Crippen MR) is 77.9 cm³/mol. The minimum Gasteiger partial charge on any atom is -0.385 e. The number of hydrogen-bond donors (Lipinski definition) is 1. The number of hydrogen-bond acceptors (Lipinski definition) is 4. The number of nitrogens with two attached hydrogens (primary N) is 1. The summed E-state index contributed by atoms with van der Waals surface area (Å²) in [5.41, 5.74) is 7.43. The van der Waals surface area contributed by atoms with Crippen LogP contribution in [0.15, 0.2) is 34.2 Å². The molecule has 1 aromatic carbocycles. The van der Waals surface area contributed by atoms with E-state index in [4.69, 9.17) is 17.3 Å². The number of benzene rings is 1. The molecule has 0 aliphatic carbocycles. The van der Waals surface area contributed by atoms with Crippen molar-refractivity contribution in [3.05, 3.63) is 50.8 Å². The Kier molecular flexibility index (Phi) is 3.24. The van der Waals surface area contributed by atoms with Crippen molar-refractivity contribution in [2.75, 3.05) is 11.5 Å². The van der Waals surface area contributed by atoms with Crippen LogP contribution in [0.3, 0.4) is 0 Å². The highest BCUT2D eigenvalue weighted by atomic mass is 35.5. The molecule has 0 saturated heterocycles. The van der Waals surface area contributed by atoms with E-state index in [-0.39, 0.29) is 5.56 Å². The summed E-state index contributed by atoms with van der Waals surface area (Å²) >= 11 is 7.42. The summed E-state index contributed by atoms with van der Waals surface area (Å²) in [5, 5.41) is 1.40. The zero-order chi connectivity index (χ0) is 13.4. The van der Waals surface area contributed by atoms with Gasteiger partial charge in [-0.2, -0.15) is 4.98 Å². The van der Waals surface area contributed by atoms with Crippen molar-refractivity contribution in [2.24, 2.45) is 0 Å². The molecular formula is C13H12ClN3OS. The quantitative estimate of drug-likeness (QED) is 0.862. The smallest absolute Gasteiger partial charge is 0.279 e. The topological polar surface area (TPSA) is 60.9 Å². The third-order valence-electron chi connectivity index (χ3n) is 3.13. The van der Waals surface area contributed by atoms with Gasteiger partial charge in [0.1, 0.15) is 5.82 Å². The molecule has 1 aromatic heterocycles. The summed E-state index contributed by atoms with van der Waals surface area (Å²) in [6.07, 6.45) is 0.486. The van der Waals surface area contributed by atoms with Gasteiger partial charge in [0, 0.05) is 23.7 Å². The second-order valence-corrected chi connectivity index (χ2v) is 5.87. The SMILES string of the molecule is Nc1c(Cc2ccc(Cl)cc2)c(=O)nc2n1CCS2. The van der Waals surface area contributed by atoms with Crippen LogP contribution in [0.1, 0.15) is 11.1 Å². The van der Waals surface area contributed by atoms with Crippen LogP contribution in [0.4, 0.5) is 5.82 Å². The summed E-state index contributed by atoms with van der Waals surface area (Å²) in [6.45, 7) is 0.812. The molecule has 2 N–H and O–H groups in total. The average molecular weight is 294 g/mol. The fourth-order valence-electron chi connectivity index (χ4n) is 2.12. The molecule has 0 saturated carbocycles. The Labute approximate surface area is 119 Å². The van der Waals surface area contributed by atoms with Gasteiger partial charge >= 0.3 is 0 Å². The van der Waals surface area contributed by atoms with Gasteiger partial charge in [-0.05, 0) is 17.7 Å². The van der Waals surface area contributed by atoms with Gasteiger partial charge in [-0.25, -0.2) is 0 Å². The highest BCUT2D eigenvalue weighted by Gasteiger charge is 2.19. The van der Waals surface area contributed by atoms with E-state index in [1.54, 1.807) is 23.9 Å². The molecule has 3 rings (SSSR count). The molecule has 0 atom stereocenters. The lowest BCUT2D eigenvalue weighted by atomic mass is 10.1. The summed E-state index contributed by atoms with van der Waals surface area (Å²) in [6, 6.07) is 7.41. The van der Waals surface area contributed by atoms with E-state index in [9.17, 15) is 4.79 Å². The van der Waals surface area contributed by atoms with Gasteiger partial charge in [0.2, 0.25) is 0 Å². The number of aromatic nitrogens is 2. The summed E-state index contributed by atoms with van der Waals surface area (Å²) < 4.78 is 1.91. The van der Waals surface area contributed by atoms with Crippen LogP contribution in [-0.4, -0.2) is 15.3 Å². The number of thioether (sulfide) groups is 1. The Bertz CT molecular complexity index is 682. The Morgan fingerprint density at radius 1 is 1.37 bits per heavy atom. The van der Waals surface area contributed by atoms with Gasteiger partial charge in [-0.3, -0.25) is 4.79 Å². The predicted octanol–water partition coefficient (Wildman–Crippen LogP) is 2.18. The van der Waals surface area contributed by atoms with E-state index in [1.807, 2.05) is 16.7 Å². The zero-order valence-electron chi connectivity index (χ0n) is 10.1. The first kappa shape index (κ1) is 12.6. The number of nitrogen functional groups attached to an aromatic ring is 1. The van der Waals surface area contributed by atoms with Crippen molar-refractivity contribution in [3.63, 3.8) is 0 Å². The maximum atomic E-state index is 12.0. The maximum absolute atomic E-state index is 12.0. The van der Waals surface area contributed by atoms with Gasteiger partial charge in [-0.15, -0.1) is 0 Å². The highest BCUT2D eigenvalue weighted by Crippen LogP contribution is 2.26. The average Bonchev–Trinajstić information content (AvgIpc) is 2.85. The largest absolute Gasteiger partial charge is 0.385 e. The van der Waals surface area contributed by atoms with Crippen molar-refractivity contribution in [3.8, 4) is 0 Å². The molecular weight excluding hydrogens is 282 g/mol. The molecule has 0 fully saturated rings. The monoisotopic (exact) mass is 293 g/mol. The first-order valence-corrected chi connectivity index (χ1v) is 7.28. The number of halogens is 1. The molecule has 2 aromatic rings. The number of rotatable bonds is 2. The molecule has 0 amide bonds. The van der Waals surface area contributed by atoms with Crippen molar-refractivity contribution in [1.29, 1.82) is 0 Å². The Morgan fingerprint density at radius 2 is 2.11 bits per heavy atom. The number of fused-ring (bicyclic) bond motifs is 1. The highest BCUT2D eigenvalue weighted by molar-refractivity contribution is 7.99. The van der Waals surface area contributed by atoms with Crippen molar-refractivity contribution in [2.45, 2.75) is 18.1 Å². The Morgan fingerprint density at radius 3 is 2.84 bits per heavy atom. The number of nitrogens with zero attached hydrogens (tertiary/aromatic N) is 2. The molecule has 98 valence electrons. The standard InChI is InChI=1S/C13H12ClN3OS/c14-9-3-1-8(2-4-9)7-10-11(15)17-5-6-19-13(17)16-12(10)18/h1-4H,5-7,15H2. The second kappa shape index (κ2) is 4.90. The molecule has 4 nitrogen and oxygen atoms in total. The first-order valence-electron chi connectivity index (χ1n) is 5.91. The third-order valence-corrected chi connectivity index (χ3v) is 4.33. The maximum Gasteiger partial charge on any atom is 0.279 e. The van der Waals surface area contributed by atoms with E-state index in [0.717, 1.165) is 23.0 Å². The van der Waals surface area contributed by atoms with Gasteiger partial charge in [0.25, 0.3) is 5.56 Å². The molecule has 0 spiro atoms. The molecule has 0 radical (unpaired) electrons. The molecule has 1 aliphatic rings. The van der Waals surface area contributed by atoms with E-state index in [1.165, 1.54) is 0 Å². The zero-order valence-corrected chi connectivity index (χ0v) is 11.7. The fourth-order valence-corrected chi connectivity index (χ4v) is 3.19. The lowest BCUT2D eigenvalue weighted by Crippen LogP contribution is -2.22. The van der Waals surface area contributed by atoms with Crippen LogP contribution >= 0.6 is 23.4 Å². The summed E-state index contributed by atoms with van der Waals surface area (Å²) in [5.74, 6) is 1.45. The second-order valence-electron chi connectivity index (χ2n) is 4.37. The van der Waals surface area contributed by atoms with Crippen molar-refractivity contribution in [1.82, 2.24) is 9.55 Å². The van der Waals surface area contributed by atoms with E-state index >= 15 is 0 Å². The van der Waals surface area contributed by atoms with E-state index < -0.39 is 0 Å². The molecule has 2 heterocycles. The minimum atomic E-state index is -0.229. The van der Waals surface area contributed by atoms with Gasteiger partial charge in [0.05, 0.1) is 5.56 Å². The lowest BCUT2D eigenvalue weighted by Gasteiger charge is -2.11. The van der Waals surface area contributed by atoms with Crippen molar-refractivity contribution < 1.29 is 0 Å². The van der Waals surface area contributed by atoms with Crippen LogP contribution in [0.25, 0.3) is 0 Å². The lowest BCUT2D eigenvalue weighted by molar-refractivity contribution is 0.678. The van der Waals surface area contributed by atoms with E-state index in [0.29, 0.717) is 22.8 Å².